The van der Waals surface area contributed by atoms with Gasteiger partial charge in [0.15, 0.2) is 0 Å². The molecule has 2 aliphatic rings. The zero-order valence-corrected chi connectivity index (χ0v) is 11.7. The lowest BCUT2D eigenvalue weighted by atomic mass is 9.79. The van der Waals surface area contributed by atoms with Gasteiger partial charge in [-0.05, 0) is 18.3 Å². The summed E-state index contributed by atoms with van der Waals surface area (Å²) in [6, 6.07) is 0. The second kappa shape index (κ2) is 7.04. The predicted molar refractivity (Wildman–Crippen MR) is 71.3 cm³/mol. The quantitative estimate of drug-likeness (QED) is 0.759. The first-order valence-corrected chi connectivity index (χ1v) is 7.27. The van der Waals surface area contributed by atoms with Gasteiger partial charge in [-0.1, -0.05) is 12.8 Å². The summed E-state index contributed by atoms with van der Waals surface area (Å²) in [5.41, 5.74) is -0.347. The molecule has 2 N–H and O–H groups in total. The molecule has 20 heavy (non-hydrogen) atoms. The maximum absolute atomic E-state index is 12.0. The molecule has 6 nitrogen and oxygen atoms in total. The summed E-state index contributed by atoms with van der Waals surface area (Å²) in [6.07, 6.45) is 3.98. The van der Waals surface area contributed by atoms with Crippen molar-refractivity contribution in [3.8, 4) is 0 Å². The molecule has 0 radical (unpaired) electrons. The van der Waals surface area contributed by atoms with Gasteiger partial charge in [-0.2, -0.15) is 0 Å². The van der Waals surface area contributed by atoms with E-state index in [9.17, 15) is 9.59 Å². The van der Waals surface area contributed by atoms with Crippen LogP contribution in [-0.4, -0.2) is 49.5 Å². The Labute approximate surface area is 118 Å². The number of hydrogen-bond donors (Lipinski definition) is 2. The lowest BCUT2D eigenvalue weighted by Gasteiger charge is -2.27. The number of rotatable bonds is 6. The smallest absolute Gasteiger partial charge is 0.303 e. The average Bonchev–Trinajstić information content (AvgIpc) is 2.85. The molecule has 6 heteroatoms. The zero-order valence-electron chi connectivity index (χ0n) is 11.7. The molecule has 1 amide bonds. The molecular weight excluding hydrogens is 262 g/mol. The standard InChI is InChI=1S/C14H23NO5/c16-12(15-9-11-10-19-5-6-20-11)7-14(8-13(17)18)3-1-2-4-14/h11H,1-10H2,(H,15,16)(H,17,18). The summed E-state index contributed by atoms with van der Waals surface area (Å²) in [6.45, 7) is 2.10. The van der Waals surface area contributed by atoms with E-state index in [1.54, 1.807) is 0 Å². The molecule has 1 unspecified atom stereocenters. The Hall–Kier alpha value is -1.14. The molecule has 1 atom stereocenters. The monoisotopic (exact) mass is 285 g/mol. The minimum Gasteiger partial charge on any atom is -0.481 e. The highest BCUT2D eigenvalue weighted by Gasteiger charge is 2.38. The van der Waals surface area contributed by atoms with Gasteiger partial charge in [0.1, 0.15) is 0 Å². The Kier molecular flexibility index (Phi) is 5.37. The fourth-order valence-corrected chi connectivity index (χ4v) is 3.15. The molecule has 0 aromatic carbocycles. The van der Waals surface area contributed by atoms with Crippen molar-refractivity contribution in [3.05, 3.63) is 0 Å². The molecule has 0 spiro atoms. The Morgan fingerprint density at radius 3 is 2.55 bits per heavy atom. The van der Waals surface area contributed by atoms with Crippen LogP contribution < -0.4 is 5.32 Å². The van der Waals surface area contributed by atoms with Crippen molar-refractivity contribution in [2.45, 2.75) is 44.6 Å². The van der Waals surface area contributed by atoms with E-state index in [2.05, 4.69) is 5.32 Å². The van der Waals surface area contributed by atoms with E-state index in [1.807, 2.05) is 0 Å². The molecule has 114 valence electrons. The third-order valence-corrected chi connectivity index (χ3v) is 4.14. The summed E-state index contributed by atoms with van der Waals surface area (Å²) in [4.78, 5) is 23.0. The lowest BCUT2D eigenvalue weighted by Crippen LogP contribution is -2.41. The van der Waals surface area contributed by atoms with Gasteiger partial charge >= 0.3 is 5.97 Å². The number of ether oxygens (including phenoxy) is 2. The minimum atomic E-state index is -0.816. The SMILES string of the molecule is O=C(O)CC1(CC(=O)NCC2COCCO2)CCCC1. The Morgan fingerprint density at radius 2 is 1.95 bits per heavy atom. The molecule has 1 heterocycles. The first-order chi connectivity index (χ1) is 9.60. The third kappa shape index (κ3) is 4.45. The second-order valence-electron chi connectivity index (χ2n) is 5.83. The van der Waals surface area contributed by atoms with Crippen LogP contribution in [-0.2, 0) is 19.1 Å². The molecule has 1 aliphatic carbocycles. The number of amides is 1. The maximum Gasteiger partial charge on any atom is 0.303 e. The van der Waals surface area contributed by atoms with Crippen molar-refractivity contribution in [2.75, 3.05) is 26.4 Å². The summed E-state index contributed by atoms with van der Waals surface area (Å²) < 4.78 is 10.7. The summed E-state index contributed by atoms with van der Waals surface area (Å²) in [7, 11) is 0. The third-order valence-electron chi connectivity index (χ3n) is 4.14. The van der Waals surface area contributed by atoms with Crippen molar-refractivity contribution in [2.24, 2.45) is 5.41 Å². The highest BCUT2D eigenvalue weighted by molar-refractivity contribution is 5.78. The van der Waals surface area contributed by atoms with Crippen LogP contribution in [0.4, 0.5) is 0 Å². The normalized spacial score (nSPS) is 25.3. The number of carbonyl (C=O) groups is 2. The predicted octanol–water partition coefficient (Wildman–Crippen LogP) is 0.943. The number of hydrogen-bond acceptors (Lipinski definition) is 4. The van der Waals surface area contributed by atoms with E-state index >= 15 is 0 Å². The van der Waals surface area contributed by atoms with E-state index < -0.39 is 5.97 Å². The van der Waals surface area contributed by atoms with Gasteiger partial charge in [0.05, 0.1) is 32.3 Å². The first kappa shape index (κ1) is 15.3. The van der Waals surface area contributed by atoms with Gasteiger partial charge in [0.2, 0.25) is 5.91 Å². The van der Waals surface area contributed by atoms with Crippen LogP contribution in [0.1, 0.15) is 38.5 Å². The van der Waals surface area contributed by atoms with E-state index in [0.29, 0.717) is 32.8 Å². The van der Waals surface area contributed by atoms with Crippen molar-refractivity contribution in [1.29, 1.82) is 0 Å². The molecule has 1 aliphatic heterocycles. The fourth-order valence-electron chi connectivity index (χ4n) is 3.15. The topological polar surface area (TPSA) is 84.9 Å². The lowest BCUT2D eigenvalue weighted by molar-refractivity contribution is -0.140. The van der Waals surface area contributed by atoms with Crippen LogP contribution in [0.25, 0.3) is 0 Å². The highest BCUT2D eigenvalue weighted by atomic mass is 16.6. The average molecular weight is 285 g/mol. The molecular formula is C14H23NO5. The molecule has 0 aromatic rings. The van der Waals surface area contributed by atoms with Crippen LogP contribution in [0, 0.1) is 5.41 Å². The number of carboxylic acid groups (broad SMARTS) is 1. The molecule has 2 fully saturated rings. The Bertz CT molecular complexity index is 345. The largest absolute Gasteiger partial charge is 0.481 e. The number of nitrogens with one attached hydrogen (secondary N) is 1. The summed E-state index contributed by atoms with van der Waals surface area (Å²) >= 11 is 0. The molecule has 1 saturated heterocycles. The van der Waals surface area contributed by atoms with Crippen LogP contribution in [0.3, 0.4) is 0 Å². The molecule has 1 saturated carbocycles. The Morgan fingerprint density at radius 1 is 1.20 bits per heavy atom. The van der Waals surface area contributed by atoms with Crippen LogP contribution in [0.5, 0.6) is 0 Å². The Balaban J connectivity index is 1.77. The van der Waals surface area contributed by atoms with E-state index in [4.69, 9.17) is 14.6 Å². The van der Waals surface area contributed by atoms with Crippen LogP contribution >= 0.6 is 0 Å². The van der Waals surface area contributed by atoms with Crippen molar-refractivity contribution >= 4 is 11.9 Å². The second-order valence-corrected chi connectivity index (χ2v) is 5.83. The zero-order chi connectivity index (χ0) is 14.4. The first-order valence-electron chi connectivity index (χ1n) is 7.27. The van der Waals surface area contributed by atoms with Crippen molar-refractivity contribution in [1.82, 2.24) is 5.32 Å². The summed E-state index contributed by atoms with van der Waals surface area (Å²) in [5.74, 6) is -0.897. The molecule has 0 aromatic heterocycles. The number of carboxylic acids is 1. The minimum absolute atomic E-state index is 0.0812. The van der Waals surface area contributed by atoms with Gasteiger partial charge in [0, 0.05) is 13.0 Å². The van der Waals surface area contributed by atoms with Gasteiger partial charge in [-0.15, -0.1) is 0 Å². The van der Waals surface area contributed by atoms with E-state index in [-0.39, 0.29) is 23.8 Å². The van der Waals surface area contributed by atoms with Gasteiger partial charge in [-0.25, -0.2) is 0 Å². The number of carbonyl (C=O) groups excluding carboxylic acids is 1. The highest BCUT2D eigenvalue weighted by Crippen LogP contribution is 2.43. The van der Waals surface area contributed by atoms with Gasteiger partial charge in [0.25, 0.3) is 0 Å². The van der Waals surface area contributed by atoms with E-state index in [1.165, 1.54) is 0 Å². The van der Waals surface area contributed by atoms with Crippen molar-refractivity contribution < 1.29 is 24.2 Å². The van der Waals surface area contributed by atoms with E-state index in [0.717, 1.165) is 25.7 Å². The number of aliphatic carboxylic acids is 1. The summed E-state index contributed by atoms with van der Waals surface area (Å²) in [5, 5.41) is 11.9. The molecule has 2 rings (SSSR count). The van der Waals surface area contributed by atoms with Crippen molar-refractivity contribution in [3.63, 3.8) is 0 Å². The van der Waals surface area contributed by atoms with Crippen LogP contribution in [0.2, 0.25) is 0 Å². The fraction of sp³-hybridized carbons (Fsp3) is 0.857. The van der Waals surface area contributed by atoms with Gasteiger partial charge in [-0.3, -0.25) is 9.59 Å². The maximum atomic E-state index is 12.0. The van der Waals surface area contributed by atoms with Crippen LogP contribution in [0.15, 0.2) is 0 Å². The van der Waals surface area contributed by atoms with Gasteiger partial charge < -0.3 is 19.9 Å². The molecule has 0 bridgehead atoms.